The van der Waals surface area contributed by atoms with E-state index in [1.54, 1.807) is 19.5 Å². The van der Waals surface area contributed by atoms with Gasteiger partial charge in [0.05, 0.1) is 13.2 Å². The minimum absolute atomic E-state index is 0. The number of methoxy groups -OCH3 is 1. The summed E-state index contributed by atoms with van der Waals surface area (Å²) in [6, 6.07) is 3.68. The fourth-order valence-electron chi connectivity index (χ4n) is 1.31. The number of nitrogens with zero attached hydrogens (tertiary/aromatic N) is 3. The van der Waals surface area contributed by atoms with Gasteiger partial charge in [-0.15, -0.1) is 12.4 Å². The first-order valence-electron chi connectivity index (χ1n) is 5.33. The maximum Gasteiger partial charge on any atom is 0.240 e. The van der Waals surface area contributed by atoms with Crippen molar-refractivity contribution in [3.05, 3.63) is 30.4 Å². The van der Waals surface area contributed by atoms with E-state index in [1.807, 2.05) is 12.1 Å². The van der Waals surface area contributed by atoms with Crippen LogP contribution in [0.15, 0.2) is 29.0 Å². The van der Waals surface area contributed by atoms with Gasteiger partial charge >= 0.3 is 0 Å². The number of hydrogen-bond donors (Lipinski definition) is 1. The monoisotopic (exact) mass is 270 g/mol. The highest BCUT2D eigenvalue weighted by molar-refractivity contribution is 5.85. The predicted molar refractivity (Wildman–Crippen MR) is 68.4 cm³/mol. The Kier molecular flexibility index (Phi) is 6.27. The summed E-state index contributed by atoms with van der Waals surface area (Å²) in [5.74, 6) is 1.14. The van der Waals surface area contributed by atoms with E-state index in [0.29, 0.717) is 24.9 Å². The van der Waals surface area contributed by atoms with Crippen LogP contribution in [0.5, 0.6) is 0 Å². The second kappa shape index (κ2) is 7.75. The van der Waals surface area contributed by atoms with E-state index in [9.17, 15) is 0 Å². The van der Waals surface area contributed by atoms with Crippen molar-refractivity contribution in [1.82, 2.24) is 20.4 Å². The predicted octanol–water partition coefficient (Wildman–Crippen LogP) is 1.29. The molecule has 2 heterocycles. The van der Waals surface area contributed by atoms with Crippen molar-refractivity contribution >= 4 is 12.4 Å². The molecule has 18 heavy (non-hydrogen) atoms. The maximum absolute atomic E-state index is 5.11. The Hall–Kier alpha value is -1.50. The molecule has 0 atom stereocenters. The summed E-state index contributed by atoms with van der Waals surface area (Å²) >= 11 is 0. The van der Waals surface area contributed by atoms with E-state index >= 15 is 0 Å². The van der Waals surface area contributed by atoms with Gasteiger partial charge < -0.3 is 14.6 Å². The summed E-state index contributed by atoms with van der Waals surface area (Å²) in [5, 5.41) is 7.03. The minimum atomic E-state index is 0. The average Bonchev–Trinajstić information content (AvgIpc) is 2.85. The van der Waals surface area contributed by atoms with Gasteiger partial charge in [-0.1, -0.05) is 5.16 Å². The Morgan fingerprint density at radius 2 is 2.11 bits per heavy atom. The maximum atomic E-state index is 5.11. The smallest absolute Gasteiger partial charge is 0.240 e. The molecule has 98 valence electrons. The van der Waals surface area contributed by atoms with Gasteiger partial charge in [0.1, 0.15) is 0 Å². The third kappa shape index (κ3) is 4.06. The minimum Gasteiger partial charge on any atom is -0.383 e. The van der Waals surface area contributed by atoms with Crippen molar-refractivity contribution in [2.24, 2.45) is 0 Å². The lowest BCUT2D eigenvalue weighted by Crippen LogP contribution is -2.18. The zero-order valence-electron chi connectivity index (χ0n) is 10.00. The van der Waals surface area contributed by atoms with Crippen LogP contribution in [0.1, 0.15) is 5.89 Å². The van der Waals surface area contributed by atoms with Crippen LogP contribution in [0.3, 0.4) is 0 Å². The molecule has 2 rings (SSSR count). The SMILES string of the molecule is COCCNCc1nc(-c2ccncc2)no1.Cl. The van der Waals surface area contributed by atoms with Crippen LogP contribution in [0, 0.1) is 0 Å². The van der Waals surface area contributed by atoms with E-state index < -0.39 is 0 Å². The van der Waals surface area contributed by atoms with Gasteiger partial charge in [-0.25, -0.2) is 0 Å². The molecule has 7 heteroatoms. The average molecular weight is 271 g/mol. The van der Waals surface area contributed by atoms with Gasteiger partial charge in [0.2, 0.25) is 11.7 Å². The summed E-state index contributed by atoms with van der Waals surface area (Å²) in [7, 11) is 1.66. The van der Waals surface area contributed by atoms with Crippen LogP contribution in [-0.2, 0) is 11.3 Å². The Balaban J connectivity index is 0.00000162. The Bertz CT molecular complexity index is 449. The van der Waals surface area contributed by atoms with Gasteiger partial charge in [0.15, 0.2) is 0 Å². The Morgan fingerprint density at radius 1 is 1.33 bits per heavy atom. The Morgan fingerprint density at radius 3 is 2.83 bits per heavy atom. The van der Waals surface area contributed by atoms with Gasteiger partial charge in [-0.3, -0.25) is 4.98 Å². The number of rotatable bonds is 6. The second-order valence-corrected chi connectivity index (χ2v) is 3.42. The highest BCUT2D eigenvalue weighted by Crippen LogP contribution is 2.13. The molecule has 0 radical (unpaired) electrons. The Labute approximate surface area is 111 Å². The number of pyridine rings is 1. The van der Waals surface area contributed by atoms with E-state index in [1.165, 1.54) is 0 Å². The van der Waals surface area contributed by atoms with Crippen molar-refractivity contribution in [3.63, 3.8) is 0 Å². The molecule has 2 aromatic rings. The van der Waals surface area contributed by atoms with Crippen LogP contribution in [0.4, 0.5) is 0 Å². The standard InChI is InChI=1S/C11H14N4O2.ClH/c1-16-7-6-13-8-10-14-11(15-17-10)9-2-4-12-5-3-9;/h2-5,13H,6-8H2,1H3;1H. The molecule has 0 amide bonds. The zero-order chi connectivity index (χ0) is 11.9. The summed E-state index contributed by atoms with van der Waals surface area (Å²) < 4.78 is 10.0. The lowest BCUT2D eigenvalue weighted by atomic mass is 10.2. The van der Waals surface area contributed by atoms with E-state index in [0.717, 1.165) is 12.1 Å². The number of halogens is 1. The molecule has 1 N–H and O–H groups in total. The van der Waals surface area contributed by atoms with E-state index in [4.69, 9.17) is 9.26 Å². The van der Waals surface area contributed by atoms with Gasteiger partial charge in [-0.05, 0) is 12.1 Å². The normalized spacial score (nSPS) is 10.1. The van der Waals surface area contributed by atoms with Crippen molar-refractivity contribution in [2.75, 3.05) is 20.3 Å². The molecular formula is C11H15ClN4O2. The molecule has 0 saturated heterocycles. The first-order valence-corrected chi connectivity index (χ1v) is 5.33. The first kappa shape index (κ1) is 14.6. The van der Waals surface area contributed by atoms with Gasteiger partial charge in [0.25, 0.3) is 0 Å². The lowest BCUT2D eigenvalue weighted by Gasteiger charge is -1.98. The van der Waals surface area contributed by atoms with Gasteiger partial charge in [-0.2, -0.15) is 4.98 Å². The van der Waals surface area contributed by atoms with Crippen LogP contribution in [-0.4, -0.2) is 35.4 Å². The molecule has 0 aliphatic rings. The summed E-state index contributed by atoms with van der Waals surface area (Å²) in [6.07, 6.45) is 3.39. The van der Waals surface area contributed by atoms with Crippen molar-refractivity contribution in [3.8, 4) is 11.4 Å². The zero-order valence-corrected chi connectivity index (χ0v) is 10.8. The molecule has 0 aliphatic carbocycles. The molecule has 0 bridgehead atoms. The number of aromatic nitrogens is 3. The van der Waals surface area contributed by atoms with Crippen molar-refractivity contribution in [1.29, 1.82) is 0 Å². The highest BCUT2D eigenvalue weighted by atomic mass is 35.5. The van der Waals surface area contributed by atoms with E-state index in [2.05, 4.69) is 20.4 Å². The molecule has 0 aromatic carbocycles. The third-order valence-electron chi connectivity index (χ3n) is 2.17. The molecule has 0 aliphatic heterocycles. The quantitative estimate of drug-likeness (QED) is 0.798. The summed E-state index contributed by atoms with van der Waals surface area (Å²) in [5.41, 5.74) is 0.895. The summed E-state index contributed by atoms with van der Waals surface area (Å²) in [4.78, 5) is 8.20. The van der Waals surface area contributed by atoms with Crippen molar-refractivity contribution in [2.45, 2.75) is 6.54 Å². The second-order valence-electron chi connectivity index (χ2n) is 3.42. The number of nitrogens with one attached hydrogen (secondary N) is 1. The molecule has 2 aromatic heterocycles. The molecule has 0 saturated carbocycles. The lowest BCUT2D eigenvalue weighted by molar-refractivity contribution is 0.197. The third-order valence-corrected chi connectivity index (χ3v) is 2.17. The van der Waals surface area contributed by atoms with Crippen LogP contribution in [0.2, 0.25) is 0 Å². The molecule has 0 spiro atoms. The molecular weight excluding hydrogens is 256 g/mol. The van der Waals surface area contributed by atoms with Crippen molar-refractivity contribution < 1.29 is 9.26 Å². The molecule has 6 nitrogen and oxygen atoms in total. The molecule has 0 fully saturated rings. The van der Waals surface area contributed by atoms with Crippen LogP contribution < -0.4 is 5.32 Å². The number of ether oxygens (including phenoxy) is 1. The highest BCUT2D eigenvalue weighted by Gasteiger charge is 2.07. The summed E-state index contributed by atoms with van der Waals surface area (Å²) in [6.45, 7) is 1.95. The van der Waals surface area contributed by atoms with E-state index in [-0.39, 0.29) is 12.4 Å². The number of hydrogen-bond acceptors (Lipinski definition) is 6. The van der Waals surface area contributed by atoms with Crippen LogP contribution in [0.25, 0.3) is 11.4 Å². The largest absolute Gasteiger partial charge is 0.383 e. The van der Waals surface area contributed by atoms with Crippen LogP contribution >= 0.6 is 12.4 Å². The fraction of sp³-hybridized carbons (Fsp3) is 0.364. The fourth-order valence-corrected chi connectivity index (χ4v) is 1.31. The van der Waals surface area contributed by atoms with Gasteiger partial charge in [0, 0.05) is 31.6 Å². The first-order chi connectivity index (χ1) is 8.40. The topological polar surface area (TPSA) is 73.1 Å². The molecule has 0 unspecified atom stereocenters.